The maximum Gasteiger partial charge on any atom is 0.308 e. The first kappa shape index (κ1) is 11.1. The Morgan fingerprint density at radius 2 is 2.36 bits per heavy atom. The summed E-state index contributed by atoms with van der Waals surface area (Å²) in [6.07, 6.45) is 0.0790. The Morgan fingerprint density at radius 1 is 1.64 bits per heavy atom. The van der Waals surface area contributed by atoms with Gasteiger partial charge in [0, 0.05) is 11.4 Å². The molecule has 78 valence electrons. The van der Waals surface area contributed by atoms with E-state index in [4.69, 9.17) is 5.11 Å². The fraction of sp³-hybridized carbons (Fsp3) is 0.556. The second kappa shape index (κ2) is 5.07. The zero-order valence-electron chi connectivity index (χ0n) is 8.33. The number of hydrogen-bond acceptors (Lipinski definition) is 4. The van der Waals surface area contributed by atoms with Crippen LogP contribution in [-0.4, -0.2) is 22.6 Å². The highest BCUT2D eigenvalue weighted by atomic mass is 32.1. The zero-order chi connectivity index (χ0) is 10.6. The highest BCUT2D eigenvalue weighted by molar-refractivity contribution is 7.11. The number of aliphatic carboxylic acids is 1. The van der Waals surface area contributed by atoms with Gasteiger partial charge in [-0.1, -0.05) is 6.92 Å². The SMILES string of the molecule is CCNCc1nc(C)c(CC(=O)O)s1. The second-order valence-electron chi connectivity index (χ2n) is 2.97. The van der Waals surface area contributed by atoms with Crippen LogP contribution in [0.5, 0.6) is 0 Å². The molecule has 0 aromatic carbocycles. The lowest BCUT2D eigenvalue weighted by Crippen LogP contribution is -2.11. The van der Waals surface area contributed by atoms with Gasteiger partial charge >= 0.3 is 5.97 Å². The Morgan fingerprint density at radius 3 is 2.93 bits per heavy atom. The van der Waals surface area contributed by atoms with Crippen molar-refractivity contribution in [1.29, 1.82) is 0 Å². The minimum Gasteiger partial charge on any atom is -0.481 e. The highest BCUT2D eigenvalue weighted by Crippen LogP contribution is 2.18. The van der Waals surface area contributed by atoms with E-state index in [2.05, 4.69) is 10.3 Å². The summed E-state index contributed by atoms with van der Waals surface area (Å²) in [7, 11) is 0. The van der Waals surface area contributed by atoms with Crippen molar-refractivity contribution >= 4 is 17.3 Å². The number of rotatable bonds is 5. The van der Waals surface area contributed by atoms with E-state index in [1.165, 1.54) is 11.3 Å². The standard InChI is InChI=1S/C9H14N2O2S/c1-3-10-5-8-11-6(2)7(14-8)4-9(12)13/h10H,3-5H2,1-2H3,(H,12,13). The first-order valence-corrected chi connectivity index (χ1v) is 5.32. The van der Waals surface area contributed by atoms with Gasteiger partial charge in [-0.3, -0.25) is 4.79 Å². The first-order valence-electron chi connectivity index (χ1n) is 4.51. The van der Waals surface area contributed by atoms with Gasteiger partial charge < -0.3 is 10.4 Å². The monoisotopic (exact) mass is 214 g/mol. The molecule has 14 heavy (non-hydrogen) atoms. The zero-order valence-corrected chi connectivity index (χ0v) is 9.15. The summed E-state index contributed by atoms with van der Waals surface area (Å²) in [5.74, 6) is -0.799. The van der Waals surface area contributed by atoms with Crippen LogP contribution in [0.3, 0.4) is 0 Å². The van der Waals surface area contributed by atoms with Crippen LogP contribution >= 0.6 is 11.3 Å². The van der Waals surface area contributed by atoms with E-state index in [9.17, 15) is 4.79 Å². The summed E-state index contributed by atoms with van der Waals surface area (Å²) in [6, 6.07) is 0. The van der Waals surface area contributed by atoms with Gasteiger partial charge in [-0.05, 0) is 13.5 Å². The lowest BCUT2D eigenvalue weighted by Gasteiger charge is -1.94. The van der Waals surface area contributed by atoms with Gasteiger partial charge in [0.25, 0.3) is 0 Å². The molecule has 0 bridgehead atoms. The lowest BCUT2D eigenvalue weighted by atomic mass is 10.3. The molecule has 4 nitrogen and oxygen atoms in total. The Labute approximate surface area is 87.0 Å². The van der Waals surface area contributed by atoms with Crippen LogP contribution in [0.25, 0.3) is 0 Å². The Hall–Kier alpha value is -0.940. The predicted molar refractivity (Wildman–Crippen MR) is 55.6 cm³/mol. The molecule has 0 saturated heterocycles. The van der Waals surface area contributed by atoms with Crippen molar-refractivity contribution < 1.29 is 9.90 Å². The number of hydrogen-bond donors (Lipinski definition) is 2. The van der Waals surface area contributed by atoms with Gasteiger partial charge in [-0.25, -0.2) is 4.98 Å². The Balaban J connectivity index is 2.66. The summed E-state index contributed by atoms with van der Waals surface area (Å²) in [6.45, 7) is 5.50. The second-order valence-corrected chi connectivity index (χ2v) is 4.14. The summed E-state index contributed by atoms with van der Waals surface area (Å²) in [5, 5.41) is 12.8. The number of aryl methyl sites for hydroxylation is 1. The number of nitrogens with zero attached hydrogens (tertiary/aromatic N) is 1. The summed E-state index contributed by atoms with van der Waals surface area (Å²) < 4.78 is 0. The van der Waals surface area contributed by atoms with E-state index in [-0.39, 0.29) is 6.42 Å². The van der Waals surface area contributed by atoms with Crippen LogP contribution in [0, 0.1) is 6.92 Å². The quantitative estimate of drug-likeness (QED) is 0.773. The van der Waals surface area contributed by atoms with Gasteiger partial charge in [0.2, 0.25) is 0 Å². The molecule has 1 heterocycles. The van der Waals surface area contributed by atoms with Gasteiger partial charge in [-0.15, -0.1) is 11.3 Å². The minimum absolute atomic E-state index is 0.0790. The molecular formula is C9H14N2O2S. The van der Waals surface area contributed by atoms with E-state index in [0.29, 0.717) is 0 Å². The average Bonchev–Trinajstić information content (AvgIpc) is 2.43. The fourth-order valence-electron chi connectivity index (χ4n) is 1.10. The molecule has 2 N–H and O–H groups in total. The molecule has 0 saturated carbocycles. The minimum atomic E-state index is -0.799. The van der Waals surface area contributed by atoms with Gasteiger partial charge in [0.1, 0.15) is 5.01 Å². The van der Waals surface area contributed by atoms with Gasteiger partial charge in [0.15, 0.2) is 0 Å². The normalized spacial score (nSPS) is 10.4. The third kappa shape index (κ3) is 3.08. The molecule has 0 aliphatic rings. The van der Waals surface area contributed by atoms with Gasteiger partial charge in [0.05, 0.1) is 12.1 Å². The molecule has 1 aromatic rings. The first-order chi connectivity index (χ1) is 6.63. The molecular weight excluding hydrogens is 200 g/mol. The molecule has 0 amide bonds. The fourth-order valence-corrected chi connectivity index (χ4v) is 2.13. The Bertz CT molecular complexity index is 323. The van der Waals surface area contributed by atoms with Crippen LogP contribution in [0.1, 0.15) is 22.5 Å². The van der Waals surface area contributed by atoms with Crippen LogP contribution in [0.15, 0.2) is 0 Å². The van der Waals surface area contributed by atoms with E-state index >= 15 is 0 Å². The number of carbonyl (C=O) groups is 1. The summed E-state index contributed by atoms with van der Waals surface area (Å²) in [5.41, 5.74) is 0.838. The highest BCUT2D eigenvalue weighted by Gasteiger charge is 2.10. The molecule has 1 aromatic heterocycles. The molecule has 0 aliphatic carbocycles. The predicted octanol–water partition coefficient (Wildman–Crippen LogP) is 1.19. The molecule has 0 aliphatic heterocycles. The summed E-state index contributed by atoms with van der Waals surface area (Å²) in [4.78, 5) is 15.7. The van der Waals surface area contributed by atoms with Crippen molar-refractivity contribution in [3.63, 3.8) is 0 Å². The molecule has 1 rings (SSSR count). The average molecular weight is 214 g/mol. The molecule has 0 spiro atoms. The van der Waals surface area contributed by atoms with Crippen molar-refractivity contribution in [2.75, 3.05) is 6.54 Å². The largest absolute Gasteiger partial charge is 0.481 e. The number of aromatic nitrogens is 1. The molecule has 0 radical (unpaired) electrons. The van der Waals surface area contributed by atoms with Gasteiger partial charge in [-0.2, -0.15) is 0 Å². The van der Waals surface area contributed by atoms with Crippen LogP contribution < -0.4 is 5.32 Å². The number of nitrogens with one attached hydrogen (secondary N) is 1. The van der Waals surface area contributed by atoms with Crippen LogP contribution in [0.2, 0.25) is 0 Å². The van der Waals surface area contributed by atoms with E-state index < -0.39 is 5.97 Å². The van der Waals surface area contributed by atoms with E-state index in [1.54, 1.807) is 0 Å². The van der Waals surface area contributed by atoms with Crippen LogP contribution in [0.4, 0.5) is 0 Å². The van der Waals surface area contributed by atoms with Crippen LogP contribution in [-0.2, 0) is 17.8 Å². The van der Waals surface area contributed by atoms with E-state index in [1.807, 2.05) is 13.8 Å². The maximum absolute atomic E-state index is 10.5. The van der Waals surface area contributed by atoms with E-state index in [0.717, 1.165) is 28.7 Å². The third-order valence-corrected chi connectivity index (χ3v) is 2.93. The number of carboxylic acids is 1. The number of carboxylic acid groups (broad SMARTS) is 1. The smallest absolute Gasteiger partial charge is 0.308 e. The van der Waals surface area contributed by atoms with Crippen molar-refractivity contribution in [2.45, 2.75) is 26.8 Å². The molecule has 0 unspecified atom stereocenters. The van der Waals surface area contributed by atoms with Crippen molar-refractivity contribution in [2.24, 2.45) is 0 Å². The molecule has 5 heteroatoms. The van der Waals surface area contributed by atoms with Crippen molar-refractivity contribution in [3.05, 3.63) is 15.6 Å². The van der Waals surface area contributed by atoms with Crippen molar-refractivity contribution in [1.82, 2.24) is 10.3 Å². The maximum atomic E-state index is 10.5. The Kier molecular flexibility index (Phi) is 4.03. The third-order valence-electron chi connectivity index (χ3n) is 1.77. The molecule has 0 atom stereocenters. The lowest BCUT2D eigenvalue weighted by molar-refractivity contribution is -0.136. The molecule has 0 fully saturated rings. The number of thiazole rings is 1. The topological polar surface area (TPSA) is 62.2 Å². The van der Waals surface area contributed by atoms with Crippen molar-refractivity contribution in [3.8, 4) is 0 Å². The summed E-state index contributed by atoms with van der Waals surface area (Å²) >= 11 is 1.47.